The Balaban J connectivity index is 0.00000220. The lowest BCUT2D eigenvalue weighted by Gasteiger charge is -2.04. The van der Waals surface area contributed by atoms with Crippen molar-refractivity contribution in [1.82, 2.24) is 4.98 Å². The molecule has 0 bridgehead atoms. The van der Waals surface area contributed by atoms with Gasteiger partial charge in [0.25, 0.3) is 5.91 Å². The molecule has 4 nitrogen and oxygen atoms in total. The highest BCUT2D eigenvalue weighted by molar-refractivity contribution is 7.75. The third kappa shape index (κ3) is 4.55. The average Bonchev–Trinajstić information content (AvgIpc) is 2.48. The molecule has 0 radical (unpaired) electrons. The molecule has 0 N–H and O–H groups in total. The van der Waals surface area contributed by atoms with Gasteiger partial charge in [0.1, 0.15) is 0 Å². The van der Waals surface area contributed by atoms with Gasteiger partial charge in [0.15, 0.2) is 0 Å². The van der Waals surface area contributed by atoms with Crippen LogP contribution < -0.4 is 0 Å². The van der Waals surface area contributed by atoms with Gasteiger partial charge in [-0.3, -0.25) is 9.78 Å². The van der Waals surface area contributed by atoms with Crippen LogP contribution in [0.4, 0.5) is 0 Å². The van der Waals surface area contributed by atoms with Crippen molar-refractivity contribution in [2.75, 3.05) is 0 Å². The molecule has 0 spiro atoms. The van der Waals surface area contributed by atoms with Crippen molar-refractivity contribution in [2.24, 2.45) is 4.36 Å². The smallest absolute Gasteiger partial charge is 0.255 e. The zero-order chi connectivity index (χ0) is 14.4. The van der Waals surface area contributed by atoms with Gasteiger partial charge in [0.05, 0.1) is 5.56 Å². The van der Waals surface area contributed by atoms with E-state index in [1.54, 1.807) is 49.5 Å². The summed E-state index contributed by atoms with van der Waals surface area (Å²) >= 11 is 0. The van der Waals surface area contributed by atoms with Gasteiger partial charge in [-0.25, -0.2) is 0 Å². The first-order valence-electron chi connectivity index (χ1n) is 5.81. The molecule has 108 valence electrons. The Morgan fingerprint density at radius 1 is 1.24 bits per heavy atom. The zero-order valence-corrected chi connectivity index (χ0v) is 11.6. The van der Waals surface area contributed by atoms with Crippen LogP contribution in [0.3, 0.4) is 0 Å². The molecular weight excluding hydrogens is 284 g/mol. The van der Waals surface area contributed by atoms with E-state index < -0.39 is 16.5 Å². The van der Waals surface area contributed by atoms with Gasteiger partial charge in [0.2, 0.25) is 0 Å². The molecule has 0 unspecified atom stereocenters. The first-order valence-corrected chi connectivity index (χ1v) is 6.92. The lowest BCUT2D eigenvalue weighted by Crippen LogP contribution is -1.97. The molecule has 0 fully saturated rings. The quantitative estimate of drug-likeness (QED) is 0.630. The van der Waals surface area contributed by atoms with E-state index in [0.717, 1.165) is 0 Å². The number of amides is 1. The van der Waals surface area contributed by atoms with E-state index in [1.165, 1.54) is 6.20 Å². The lowest BCUT2D eigenvalue weighted by atomic mass is 10.2. The predicted molar refractivity (Wildman–Crippen MR) is 83.0 cm³/mol. The summed E-state index contributed by atoms with van der Waals surface area (Å²) in [6.07, 6.45) is 2.94. The fraction of sp³-hybridized carbons (Fsp3) is 0.125. The molecule has 1 amide bonds. The van der Waals surface area contributed by atoms with E-state index in [1.807, 2.05) is 0 Å². The Morgan fingerprint density at radius 2 is 1.95 bits per heavy atom. The minimum Gasteiger partial charge on any atom is -0.440 e. The molecule has 0 saturated carbocycles. The summed E-state index contributed by atoms with van der Waals surface area (Å²) in [7, 11) is -1.71. The van der Waals surface area contributed by atoms with E-state index in [9.17, 15) is 9.00 Å². The number of pyridine rings is 1. The van der Waals surface area contributed by atoms with Crippen LogP contribution in [0.5, 0.6) is 0 Å². The third-order valence-corrected chi connectivity index (χ3v) is 3.37. The molecule has 0 atom stereocenters. The van der Waals surface area contributed by atoms with Crippen molar-refractivity contribution in [3.8, 4) is 11.8 Å². The molecule has 2 aromatic rings. The van der Waals surface area contributed by atoms with Crippen LogP contribution in [-0.4, -0.2) is 10.9 Å². The second-order valence-electron chi connectivity index (χ2n) is 3.80. The minimum absolute atomic E-state index is 0. The van der Waals surface area contributed by atoms with Gasteiger partial charge in [-0.05, 0) is 13.0 Å². The van der Waals surface area contributed by atoms with Crippen molar-refractivity contribution in [2.45, 2.75) is 19.2 Å². The number of carbonyl (C=O) groups is 1. The molecular formula is C16H15N2O2S-. The maximum absolute atomic E-state index is 11.9. The molecule has 2 rings (SSSR count). The number of benzene rings is 1. The fourth-order valence-electron chi connectivity index (χ4n) is 1.49. The van der Waals surface area contributed by atoms with Gasteiger partial charge >= 0.3 is 0 Å². The van der Waals surface area contributed by atoms with Crippen LogP contribution in [-0.2, 0) is 14.8 Å². The van der Waals surface area contributed by atoms with Crippen LogP contribution in [0.25, 0.3) is 0 Å². The highest BCUT2D eigenvalue weighted by Crippen LogP contribution is 2.07. The fourth-order valence-corrected chi connectivity index (χ4v) is 2.24. The molecule has 1 aromatic heterocycles. The third-order valence-electron chi connectivity index (χ3n) is 2.37. The molecule has 1 heterocycles. The maximum atomic E-state index is 11.9. The first-order chi connectivity index (χ1) is 9.70. The SMILES string of the molecule is C.CC#Cc1cncc(C(=O)N=[S-](=O)c2ccccc2)c1. The van der Waals surface area contributed by atoms with Gasteiger partial charge < -0.3 is 8.57 Å². The number of carbonyl (C=O) groups excluding carboxylic acids is 1. The van der Waals surface area contributed by atoms with E-state index in [4.69, 9.17) is 0 Å². The first kappa shape index (κ1) is 16.6. The summed E-state index contributed by atoms with van der Waals surface area (Å²) in [4.78, 5) is 16.3. The van der Waals surface area contributed by atoms with E-state index in [-0.39, 0.29) is 13.0 Å². The standard InChI is InChI=1S/C15H11N2O2S.CH4/c1-2-6-12-9-13(11-16-10-12)15(18)17-20(19)14-7-4-3-5-8-14;/h3-5,7-11H,1H3;1H4/q-1;. The second kappa shape index (κ2) is 7.98. The monoisotopic (exact) mass is 299 g/mol. The number of hydrogen-bond acceptors (Lipinski definition) is 4. The van der Waals surface area contributed by atoms with Crippen LogP contribution >= 0.6 is 0 Å². The number of aromatic nitrogens is 1. The van der Waals surface area contributed by atoms with Crippen molar-refractivity contribution in [1.29, 1.82) is 0 Å². The number of hydrogen-bond donors (Lipinski definition) is 0. The topological polar surface area (TPSA) is 59.4 Å². The van der Waals surface area contributed by atoms with Crippen molar-refractivity contribution in [3.63, 3.8) is 0 Å². The number of nitrogens with zero attached hydrogens (tertiary/aromatic N) is 2. The van der Waals surface area contributed by atoms with Gasteiger partial charge in [-0.15, -0.1) is 5.92 Å². The summed E-state index contributed by atoms with van der Waals surface area (Å²) < 4.78 is 15.6. The second-order valence-corrected chi connectivity index (χ2v) is 4.95. The van der Waals surface area contributed by atoms with E-state index in [2.05, 4.69) is 21.2 Å². The highest BCUT2D eigenvalue weighted by Gasteiger charge is 2.02. The van der Waals surface area contributed by atoms with Crippen LogP contribution in [0.15, 0.2) is 58.1 Å². The molecule has 5 heteroatoms. The molecule has 0 aliphatic carbocycles. The van der Waals surface area contributed by atoms with Crippen LogP contribution in [0, 0.1) is 11.8 Å². The lowest BCUT2D eigenvalue weighted by molar-refractivity contribution is 0.100. The van der Waals surface area contributed by atoms with Crippen molar-refractivity contribution < 1.29 is 9.00 Å². The van der Waals surface area contributed by atoms with Crippen molar-refractivity contribution in [3.05, 3.63) is 59.9 Å². The van der Waals surface area contributed by atoms with Gasteiger partial charge in [0, 0.05) is 18.0 Å². The Kier molecular flexibility index (Phi) is 6.31. The molecule has 21 heavy (non-hydrogen) atoms. The minimum atomic E-state index is -1.71. The van der Waals surface area contributed by atoms with E-state index in [0.29, 0.717) is 10.5 Å². The highest BCUT2D eigenvalue weighted by atomic mass is 32.2. The van der Waals surface area contributed by atoms with Crippen molar-refractivity contribution >= 4 is 16.5 Å². The summed E-state index contributed by atoms with van der Waals surface area (Å²) in [6.45, 7) is 1.70. The average molecular weight is 299 g/mol. The van der Waals surface area contributed by atoms with Gasteiger partial charge in [-0.1, -0.05) is 48.6 Å². The number of rotatable bonds is 2. The Labute approximate surface area is 126 Å². The Hall–Kier alpha value is -2.45. The van der Waals surface area contributed by atoms with Gasteiger partial charge in [-0.2, -0.15) is 10.6 Å². The summed E-state index contributed by atoms with van der Waals surface area (Å²) in [6, 6.07) is 10.2. The van der Waals surface area contributed by atoms with Crippen LogP contribution in [0.1, 0.15) is 30.3 Å². The summed E-state index contributed by atoms with van der Waals surface area (Å²) in [5.41, 5.74) is 0.897. The van der Waals surface area contributed by atoms with Crippen LogP contribution in [0.2, 0.25) is 0 Å². The Morgan fingerprint density at radius 3 is 2.62 bits per heavy atom. The normalized spacial score (nSPS) is 10.9. The predicted octanol–water partition coefficient (Wildman–Crippen LogP) is 3.44. The molecule has 1 aromatic carbocycles. The summed E-state index contributed by atoms with van der Waals surface area (Å²) in [5, 5.41) is 0. The maximum Gasteiger partial charge on any atom is 0.255 e. The Bertz CT molecular complexity index is 768. The van der Waals surface area contributed by atoms with E-state index >= 15 is 0 Å². The molecule has 0 aliphatic heterocycles. The summed E-state index contributed by atoms with van der Waals surface area (Å²) in [5.74, 6) is 4.96. The molecule has 0 aliphatic rings. The zero-order valence-electron chi connectivity index (χ0n) is 10.7. The molecule has 0 saturated heterocycles. The largest absolute Gasteiger partial charge is 0.440 e.